The predicted molar refractivity (Wildman–Crippen MR) is 99.2 cm³/mol. The highest BCUT2D eigenvalue weighted by atomic mass is 127. The molecule has 3 rings (SSSR count). The fourth-order valence-corrected chi connectivity index (χ4v) is 3.12. The molecular formula is C19H16IN. The van der Waals surface area contributed by atoms with Crippen LogP contribution in [-0.4, -0.2) is 0 Å². The number of hydrogen-bond donors (Lipinski definition) is 1. The predicted octanol–water partition coefficient (Wildman–Crippen LogP) is 5.52. The lowest BCUT2D eigenvalue weighted by Gasteiger charge is -2.08. The van der Waals surface area contributed by atoms with E-state index in [1.165, 1.54) is 31.4 Å². The smallest absolute Gasteiger partial charge is 0.0314 e. The van der Waals surface area contributed by atoms with E-state index in [-0.39, 0.29) is 0 Å². The summed E-state index contributed by atoms with van der Waals surface area (Å²) in [4.78, 5) is 0. The van der Waals surface area contributed by atoms with Crippen LogP contribution in [0.3, 0.4) is 0 Å². The topological polar surface area (TPSA) is 26.0 Å². The van der Waals surface area contributed by atoms with Gasteiger partial charge in [-0.1, -0.05) is 42.5 Å². The van der Waals surface area contributed by atoms with Gasteiger partial charge in [-0.2, -0.15) is 0 Å². The first-order chi connectivity index (χ1) is 10.1. The van der Waals surface area contributed by atoms with Crippen molar-refractivity contribution in [1.82, 2.24) is 0 Å². The van der Waals surface area contributed by atoms with Gasteiger partial charge in [0.15, 0.2) is 0 Å². The molecule has 0 atom stereocenters. The number of aryl methyl sites for hydroxylation is 1. The molecule has 2 N–H and O–H groups in total. The number of nitrogens with two attached hydrogens (primary N) is 1. The minimum atomic E-state index is 0.796. The lowest BCUT2D eigenvalue weighted by atomic mass is 9.97. The van der Waals surface area contributed by atoms with Gasteiger partial charge in [0.05, 0.1) is 0 Å². The second-order valence-corrected chi connectivity index (χ2v) is 6.40. The van der Waals surface area contributed by atoms with E-state index < -0.39 is 0 Å². The van der Waals surface area contributed by atoms with Gasteiger partial charge >= 0.3 is 0 Å². The van der Waals surface area contributed by atoms with Crippen molar-refractivity contribution in [2.24, 2.45) is 0 Å². The Morgan fingerprint density at radius 1 is 0.714 bits per heavy atom. The molecule has 3 aromatic rings. The summed E-state index contributed by atoms with van der Waals surface area (Å²) in [5, 5.41) is 0. The normalized spacial score (nSPS) is 10.6. The van der Waals surface area contributed by atoms with Crippen LogP contribution in [0.2, 0.25) is 0 Å². The molecule has 2 heteroatoms. The van der Waals surface area contributed by atoms with E-state index in [0.717, 1.165) is 5.69 Å². The van der Waals surface area contributed by atoms with Crippen molar-refractivity contribution in [3.05, 3.63) is 75.9 Å². The summed E-state index contributed by atoms with van der Waals surface area (Å²) in [6.07, 6.45) is 0. The average molecular weight is 385 g/mol. The van der Waals surface area contributed by atoms with Crippen LogP contribution in [-0.2, 0) is 0 Å². The Bertz CT molecular complexity index is 759. The Morgan fingerprint density at radius 3 is 1.81 bits per heavy atom. The van der Waals surface area contributed by atoms with Gasteiger partial charge in [-0.05, 0) is 81.6 Å². The molecule has 0 bridgehead atoms. The maximum Gasteiger partial charge on any atom is 0.0314 e. The summed E-state index contributed by atoms with van der Waals surface area (Å²) in [7, 11) is 0. The Morgan fingerprint density at radius 2 is 1.24 bits per heavy atom. The van der Waals surface area contributed by atoms with Gasteiger partial charge in [-0.3, -0.25) is 0 Å². The fourth-order valence-electron chi connectivity index (χ4n) is 2.47. The summed E-state index contributed by atoms with van der Waals surface area (Å²) < 4.78 is 1.27. The molecule has 0 saturated carbocycles. The molecular weight excluding hydrogens is 369 g/mol. The molecule has 0 fully saturated rings. The summed E-state index contributed by atoms with van der Waals surface area (Å²) in [5.41, 5.74) is 12.8. The molecule has 1 nitrogen and oxygen atoms in total. The molecule has 0 unspecified atom stereocenters. The standard InChI is InChI=1S/C19H16IN/c1-13-12-17(20)8-11-19(13)16-4-2-14(3-5-16)15-6-9-18(21)10-7-15/h2-12H,21H2,1H3. The number of benzene rings is 3. The molecule has 0 aliphatic heterocycles. The molecule has 104 valence electrons. The minimum absolute atomic E-state index is 0.796. The van der Waals surface area contributed by atoms with Crippen molar-refractivity contribution in [3.63, 3.8) is 0 Å². The summed E-state index contributed by atoms with van der Waals surface area (Å²) in [6.45, 7) is 2.16. The fraction of sp³-hybridized carbons (Fsp3) is 0.0526. The maximum absolute atomic E-state index is 5.73. The van der Waals surface area contributed by atoms with Crippen LogP contribution in [0.4, 0.5) is 5.69 Å². The van der Waals surface area contributed by atoms with Crippen molar-refractivity contribution in [2.45, 2.75) is 6.92 Å². The lowest BCUT2D eigenvalue weighted by molar-refractivity contribution is 1.44. The van der Waals surface area contributed by atoms with Crippen LogP contribution < -0.4 is 5.73 Å². The van der Waals surface area contributed by atoms with Crippen LogP contribution in [0, 0.1) is 10.5 Å². The minimum Gasteiger partial charge on any atom is -0.399 e. The number of rotatable bonds is 2. The molecule has 0 aromatic heterocycles. The monoisotopic (exact) mass is 385 g/mol. The van der Waals surface area contributed by atoms with Crippen molar-refractivity contribution >= 4 is 28.3 Å². The molecule has 21 heavy (non-hydrogen) atoms. The van der Waals surface area contributed by atoms with E-state index in [4.69, 9.17) is 5.73 Å². The number of hydrogen-bond acceptors (Lipinski definition) is 1. The molecule has 0 saturated heterocycles. The SMILES string of the molecule is Cc1cc(I)ccc1-c1ccc(-c2ccc(N)cc2)cc1. The Balaban J connectivity index is 1.95. The van der Waals surface area contributed by atoms with Gasteiger partial charge in [-0.25, -0.2) is 0 Å². The highest BCUT2D eigenvalue weighted by Gasteiger charge is 2.03. The van der Waals surface area contributed by atoms with Crippen LogP contribution in [0.25, 0.3) is 22.3 Å². The third-order valence-electron chi connectivity index (χ3n) is 3.63. The van der Waals surface area contributed by atoms with Gasteiger partial charge < -0.3 is 5.73 Å². The molecule has 0 spiro atoms. The molecule has 0 heterocycles. The zero-order valence-electron chi connectivity index (χ0n) is 11.8. The first-order valence-electron chi connectivity index (χ1n) is 6.86. The van der Waals surface area contributed by atoms with Crippen LogP contribution in [0.1, 0.15) is 5.56 Å². The number of halogens is 1. The molecule has 0 amide bonds. The molecule has 0 radical (unpaired) electrons. The largest absolute Gasteiger partial charge is 0.399 e. The van der Waals surface area contributed by atoms with Crippen LogP contribution >= 0.6 is 22.6 Å². The van der Waals surface area contributed by atoms with Gasteiger partial charge in [0.2, 0.25) is 0 Å². The quantitative estimate of drug-likeness (QED) is 0.457. The summed E-state index contributed by atoms with van der Waals surface area (Å²) in [5.74, 6) is 0. The van der Waals surface area contributed by atoms with E-state index in [2.05, 4.69) is 84.1 Å². The zero-order valence-corrected chi connectivity index (χ0v) is 14.0. The van der Waals surface area contributed by atoms with Gasteiger partial charge in [0.1, 0.15) is 0 Å². The zero-order chi connectivity index (χ0) is 14.8. The first-order valence-corrected chi connectivity index (χ1v) is 7.94. The van der Waals surface area contributed by atoms with E-state index in [1.807, 2.05) is 12.1 Å². The summed E-state index contributed by atoms with van der Waals surface area (Å²) >= 11 is 2.35. The van der Waals surface area contributed by atoms with Gasteiger partial charge in [0.25, 0.3) is 0 Å². The Kier molecular flexibility index (Phi) is 3.97. The third kappa shape index (κ3) is 3.10. The number of nitrogen functional groups attached to an aromatic ring is 1. The van der Waals surface area contributed by atoms with E-state index in [0.29, 0.717) is 0 Å². The summed E-state index contributed by atoms with van der Waals surface area (Å²) in [6, 6.07) is 23.2. The van der Waals surface area contributed by atoms with Crippen molar-refractivity contribution in [3.8, 4) is 22.3 Å². The van der Waals surface area contributed by atoms with Crippen LogP contribution in [0.5, 0.6) is 0 Å². The van der Waals surface area contributed by atoms with Gasteiger partial charge in [0, 0.05) is 9.26 Å². The van der Waals surface area contributed by atoms with Gasteiger partial charge in [-0.15, -0.1) is 0 Å². The lowest BCUT2D eigenvalue weighted by Crippen LogP contribution is -1.86. The molecule has 0 aliphatic carbocycles. The van der Waals surface area contributed by atoms with E-state index in [1.54, 1.807) is 0 Å². The van der Waals surface area contributed by atoms with E-state index >= 15 is 0 Å². The average Bonchev–Trinajstić information content (AvgIpc) is 2.48. The van der Waals surface area contributed by atoms with Crippen molar-refractivity contribution in [1.29, 1.82) is 0 Å². The van der Waals surface area contributed by atoms with Crippen molar-refractivity contribution in [2.75, 3.05) is 5.73 Å². The highest BCUT2D eigenvalue weighted by molar-refractivity contribution is 14.1. The molecule has 0 aliphatic rings. The third-order valence-corrected chi connectivity index (χ3v) is 4.30. The first kappa shape index (κ1) is 14.1. The van der Waals surface area contributed by atoms with E-state index in [9.17, 15) is 0 Å². The molecule has 3 aromatic carbocycles. The second kappa shape index (κ2) is 5.90. The second-order valence-electron chi connectivity index (χ2n) is 5.16. The highest BCUT2D eigenvalue weighted by Crippen LogP contribution is 2.28. The number of anilines is 1. The Hall–Kier alpha value is -1.81. The maximum atomic E-state index is 5.73. The Labute approximate surface area is 139 Å². The van der Waals surface area contributed by atoms with Crippen molar-refractivity contribution < 1.29 is 0 Å². The van der Waals surface area contributed by atoms with Crippen LogP contribution in [0.15, 0.2) is 66.7 Å².